The molecular weight excluding hydrogens is 450 g/mol. The van der Waals surface area contributed by atoms with Crippen LogP contribution in [0.15, 0.2) is 12.1 Å². The third-order valence-electron chi connectivity index (χ3n) is 7.31. The van der Waals surface area contributed by atoms with E-state index in [1.165, 1.54) is 0 Å². The summed E-state index contributed by atoms with van der Waals surface area (Å²) in [6.45, 7) is 2.05. The minimum atomic E-state index is -0.800. The maximum Gasteiger partial charge on any atom is 0.243 e. The molecule has 3 N–H and O–H groups in total. The SMILES string of the molecule is COc1cc(C(C(=O)N2CCCCC2C(=O)N[C@H](C)C(N)=O)C2CCCCC2)cc(OC)c1OC. The highest BCUT2D eigenvalue weighted by Crippen LogP contribution is 2.45. The van der Waals surface area contributed by atoms with E-state index in [2.05, 4.69) is 5.32 Å². The van der Waals surface area contributed by atoms with Gasteiger partial charge in [0.1, 0.15) is 12.1 Å². The Morgan fingerprint density at radius 1 is 0.943 bits per heavy atom. The lowest BCUT2D eigenvalue weighted by molar-refractivity contribution is -0.145. The van der Waals surface area contributed by atoms with E-state index in [1.807, 2.05) is 12.1 Å². The number of nitrogens with one attached hydrogen (secondary N) is 1. The molecular formula is C26H39N3O6. The van der Waals surface area contributed by atoms with Gasteiger partial charge in [0, 0.05) is 6.54 Å². The lowest BCUT2D eigenvalue weighted by atomic mass is 9.75. The van der Waals surface area contributed by atoms with Crippen LogP contribution >= 0.6 is 0 Å². The fraction of sp³-hybridized carbons (Fsp3) is 0.654. The van der Waals surface area contributed by atoms with E-state index in [9.17, 15) is 14.4 Å². The summed E-state index contributed by atoms with van der Waals surface area (Å²) in [5, 5.41) is 2.68. The standard InChI is InChI=1S/C26H39N3O6/c1-16(24(27)30)28-25(31)19-12-8-9-13-29(19)26(32)22(17-10-6-5-7-11-17)18-14-20(33-2)23(35-4)21(15-18)34-3/h14-17,19,22H,5-13H2,1-4H3,(H2,27,30)(H,28,31)/t16-,19?,22?/m1/s1. The van der Waals surface area contributed by atoms with E-state index in [0.29, 0.717) is 30.2 Å². The fourth-order valence-corrected chi connectivity index (χ4v) is 5.39. The van der Waals surface area contributed by atoms with Crippen LogP contribution in [0.2, 0.25) is 0 Å². The van der Waals surface area contributed by atoms with Crippen LogP contribution in [-0.2, 0) is 14.4 Å². The Bertz CT molecular complexity index is 889. The second-order valence-electron chi connectivity index (χ2n) is 9.51. The van der Waals surface area contributed by atoms with Gasteiger partial charge in [-0.1, -0.05) is 19.3 Å². The molecule has 9 heteroatoms. The van der Waals surface area contributed by atoms with Gasteiger partial charge in [0.25, 0.3) is 0 Å². The quantitative estimate of drug-likeness (QED) is 0.550. The van der Waals surface area contributed by atoms with E-state index >= 15 is 0 Å². The number of rotatable bonds is 9. The van der Waals surface area contributed by atoms with Crippen LogP contribution in [0.5, 0.6) is 17.2 Å². The number of hydrogen-bond acceptors (Lipinski definition) is 6. The van der Waals surface area contributed by atoms with Crippen molar-refractivity contribution in [1.82, 2.24) is 10.2 Å². The van der Waals surface area contributed by atoms with Gasteiger partial charge in [0.2, 0.25) is 23.5 Å². The highest BCUT2D eigenvalue weighted by molar-refractivity contribution is 5.93. The molecule has 35 heavy (non-hydrogen) atoms. The molecule has 3 rings (SSSR count). The zero-order valence-corrected chi connectivity index (χ0v) is 21.3. The second-order valence-corrected chi connectivity index (χ2v) is 9.51. The molecule has 1 aromatic rings. The van der Waals surface area contributed by atoms with E-state index in [-0.39, 0.29) is 17.7 Å². The topological polar surface area (TPSA) is 120 Å². The van der Waals surface area contributed by atoms with Crippen molar-refractivity contribution in [1.29, 1.82) is 0 Å². The van der Waals surface area contributed by atoms with Crippen LogP contribution < -0.4 is 25.3 Å². The highest BCUT2D eigenvalue weighted by Gasteiger charge is 2.40. The number of benzene rings is 1. The van der Waals surface area contributed by atoms with E-state index in [4.69, 9.17) is 19.9 Å². The number of hydrogen-bond donors (Lipinski definition) is 2. The molecule has 0 aromatic heterocycles. The first-order chi connectivity index (χ1) is 16.8. The molecule has 9 nitrogen and oxygen atoms in total. The van der Waals surface area contributed by atoms with Gasteiger partial charge in [-0.25, -0.2) is 0 Å². The Morgan fingerprint density at radius 2 is 1.54 bits per heavy atom. The molecule has 3 amide bonds. The van der Waals surface area contributed by atoms with Crippen molar-refractivity contribution in [2.45, 2.75) is 76.3 Å². The molecule has 1 aromatic carbocycles. The van der Waals surface area contributed by atoms with Gasteiger partial charge in [0.05, 0.1) is 27.2 Å². The van der Waals surface area contributed by atoms with Crippen molar-refractivity contribution in [2.24, 2.45) is 11.7 Å². The van der Waals surface area contributed by atoms with Crippen molar-refractivity contribution < 1.29 is 28.6 Å². The Labute approximate surface area is 207 Å². The molecule has 3 atom stereocenters. The third-order valence-corrected chi connectivity index (χ3v) is 7.31. The number of carbonyl (C=O) groups excluding carboxylic acids is 3. The largest absolute Gasteiger partial charge is 0.493 e. The Balaban J connectivity index is 2.00. The van der Waals surface area contributed by atoms with Crippen LogP contribution in [0.3, 0.4) is 0 Å². The smallest absolute Gasteiger partial charge is 0.243 e. The maximum atomic E-state index is 14.2. The second kappa shape index (κ2) is 12.1. The van der Waals surface area contributed by atoms with Gasteiger partial charge in [-0.05, 0) is 62.6 Å². The van der Waals surface area contributed by atoms with Crippen LogP contribution in [0.1, 0.15) is 69.8 Å². The number of methoxy groups -OCH3 is 3. The lowest BCUT2D eigenvalue weighted by Crippen LogP contribution is -2.56. The number of amides is 3. The fourth-order valence-electron chi connectivity index (χ4n) is 5.39. The summed E-state index contributed by atoms with van der Waals surface area (Å²) < 4.78 is 16.6. The number of likely N-dealkylation sites (tertiary alicyclic amines) is 1. The number of nitrogens with zero attached hydrogens (tertiary/aromatic N) is 1. The molecule has 0 radical (unpaired) electrons. The van der Waals surface area contributed by atoms with E-state index < -0.39 is 23.9 Å². The summed E-state index contributed by atoms with van der Waals surface area (Å²) in [6, 6.07) is 2.27. The molecule has 1 aliphatic carbocycles. The normalized spacial score (nSPS) is 20.5. The van der Waals surface area contributed by atoms with Crippen LogP contribution in [0.25, 0.3) is 0 Å². The summed E-state index contributed by atoms with van der Waals surface area (Å²) in [4.78, 5) is 40.5. The Kier molecular flexibility index (Phi) is 9.23. The average Bonchev–Trinajstić information content (AvgIpc) is 2.88. The molecule has 1 saturated carbocycles. The number of carbonyl (C=O) groups is 3. The summed E-state index contributed by atoms with van der Waals surface area (Å²) in [5.41, 5.74) is 6.14. The Morgan fingerprint density at radius 3 is 2.09 bits per heavy atom. The lowest BCUT2D eigenvalue weighted by Gasteiger charge is -2.40. The van der Waals surface area contributed by atoms with Crippen molar-refractivity contribution >= 4 is 17.7 Å². The van der Waals surface area contributed by atoms with Crippen LogP contribution in [-0.4, -0.2) is 62.6 Å². The minimum absolute atomic E-state index is 0.0715. The van der Waals surface area contributed by atoms with Gasteiger partial charge < -0.3 is 30.2 Å². The summed E-state index contributed by atoms with van der Waals surface area (Å²) in [5.74, 6) is 0.167. The van der Waals surface area contributed by atoms with Gasteiger partial charge in [-0.15, -0.1) is 0 Å². The van der Waals surface area contributed by atoms with Crippen molar-refractivity contribution in [3.05, 3.63) is 17.7 Å². The number of primary amides is 1. The molecule has 2 aliphatic rings. The predicted molar refractivity (Wildman–Crippen MR) is 132 cm³/mol. The van der Waals surface area contributed by atoms with Crippen molar-refractivity contribution in [3.63, 3.8) is 0 Å². The molecule has 194 valence electrons. The summed E-state index contributed by atoms with van der Waals surface area (Å²) in [7, 11) is 4.67. The molecule has 0 bridgehead atoms. The van der Waals surface area contributed by atoms with Crippen molar-refractivity contribution in [2.75, 3.05) is 27.9 Å². The summed E-state index contributed by atoms with van der Waals surface area (Å²) >= 11 is 0. The zero-order valence-electron chi connectivity index (χ0n) is 21.3. The minimum Gasteiger partial charge on any atom is -0.493 e. The number of nitrogens with two attached hydrogens (primary N) is 1. The molecule has 1 saturated heterocycles. The van der Waals surface area contributed by atoms with E-state index in [0.717, 1.165) is 50.5 Å². The van der Waals surface area contributed by atoms with Crippen molar-refractivity contribution in [3.8, 4) is 17.2 Å². The van der Waals surface area contributed by atoms with Crippen LogP contribution in [0.4, 0.5) is 0 Å². The first-order valence-electron chi connectivity index (χ1n) is 12.5. The van der Waals surface area contributed by atoms with Crippen LogP contribution in [0, 0.1) is 5.92 Å². The van der Waals surface area contributed by atoms with Gasteiger partial charge in [-0.2, -0.15) is 0 Å². The number of piperidine rings is 1. The Hall–Kier alpha value is -2.97. The monoisotopic (exact) mass is 489 g/mol. The average molecular weight is 490 g/mol. The first kappa shape index (κ1) is 26.6. The van der Waals surface area contributed by atoms with Gasteiger partial charge in [0.15, 0.2) is 11.5 Å². The summed E-state index contributed by atoms with van der Waals surface area (Å²) in [6.07, 6.45) is 7.39. The van der Waals surface area contributed by atoms with Gasteiger partial charge in [-0.3, -0.25) is 14.4 Å². The number of ether oxygens (including phenoxy) is 3. The maximum absolute atomic E-state index is 14.2. The van der Waals surface area contributed by atoms with Gasteiger partial charge >= 0.3 is 0 Å². The molecule has 1 heterocycles. The molecule has 1 aliphatic heterocycles. The zero-order chi connectivity index (χ0) is 25.5. The highest BCUT2D eigenvalue weighted by atomic mass is 16.5. The molecule has 2 unspecified atom stereocenters. The predicted octanol–water partition coefficient (Wildman–Crippen LogP) is 2.75. The van der Waals surface area contributed by atoms with E-state index in [1.54, 1.807) is 33.2 Å². The first-order valence-corrected chi connectivity index (χ1v) is 12.5. The third kappa shape index (κ3) is 6.00. The molecule has 0 spiro atoms. The molecule has 2 fully saturated rings.